The molecule has 0 bridgehead atoms. The summed E-state index contributed by atoms with van der Waals surface area (Å²) in [5.74, 6) is 1.48. The van der Waals surface area contributed by atoms with Crippen LogP contribution in [0.1, 0.15) is 27.7 Å². The first-order valence-corrected chi connectivity index (χ1v) is 10.2. The van der Waals surface area contributed by atoms with Crippen LogP contribution in [0.25, 0.3) is 0 Å². The van der Waals surface area contributed by atoms with Crippen LogP contribution in [-0.4, -0.2) is 50.3 Å². The zero-order chi connectivity index (χ0) is 15.1. The summed E-state index contributed by atoms with van der Waals surface area (Å²) in [6.45, 7) is 8.03. The molecule has 0 spiro atoms. The highest BCUT2D eigenvalue weighted by atomic mass is 32.2. The summed E-state index contributed by atoms with van der Waals surface area (Å²) in [4.78, 5) is 0. The van der Waals surface area contributed by atoms with Crippen molar-refractivity contribution < 1.29 is 8.42 Å². The molecule has 0 unspecified atom stereocenters. The van der Waals surface area contributed by atoms with Gasteiger partial charge >= 0.3 is 10.2 Å². The molecular weight excluding hydrogens is 340 g/mol. The number of rotatable bonds is 6. The van der Waals surface area contributed by atoms with Gasteiger partial charge in [0.2, 0.25) is 0 Å². The number of thioether (sulfide) groups is 2. The Kier molecular flexibility index (Phi) is 9.59. The van der Waals surface area contributed by atoms with E-state index in [1.54, 1.807) is 13.8 Å². The molecule has 0 aromatic rings. The molecule has 0 heterocycles. The van der Waals surface area contributed by atoms with Crippen molar-refractivity contribution in [3.63, 3.8) is 0 Å². The van der Waals surface area contributed by atoms with Gasteiger partial charge in [0.15, 0.2) is 8.64 Å². The Morgan fingerprint density at radius 1 is 0.895 bits per heavy atom. The highest BCUT2D eigenvalue weighted by Gasteiger charge is 2.31. The summed E-state index contributed by atoms with van der Waals surface area (Å²) < 4.78 is 28.4. The van der Waals surface area contributed by atoms with E-state index in [4.69, 9.17) is 24.4 Å². The zero-order valence-corrected chi connectivity index (χ0v) is 15.7. The van der Waals surface area contributed by atoms with Crippen LogP contribution in [0.5, 0.6) is 0 Å². The normalized spacial score (nSPS) is 11.2. The molecule has 0 aliphatic heterocycles. The highest BCUT2D eigenvalue weighted by molar-refractivity contribution is 8.24. The SMILES string of the molecule is CCSC(=S)N(CC)S(=O)(=O)N(CC)C(=S)SCC. The summed E-state index contributed by atoms with van der Waals surface area (Å²) in [6, 6.07) is 0. The largest absolute Gasteiger partial charge is 0.328 e. The third-order valence-corrected chi connectivity index (χ3v) is 7.19. The van der Waals surface area contributed by atoms with E-state index in [1.165, 1.54) is 32.1 Å². The van der Waals surface area contributed by atoms with Gasteiger partial charge in [-0.3, -0.25) is 0 Å². The van der Waals surface area contributed by atoms with Gasteiger partial charge in [-0.2, -0.15) is 8.42 Å². The molecule has 0 rings (SSSR count). The molecule has 112 valence electrons. The summed E-state index contributed by atoms with van der Waals surface area (Å²) >= 11 is 13.0. The molecule has 0 fully saturated rings. The van der Waals surface area contributed by atoms with Gasteiger partial charge in [0.1, 0.15) is 0 Å². The van der Waals surface area contributed by atoms with E-state index in [0.29, 0.717) is 21.7 Å². The molecule has 0 aromatic heterocycles. The Labute approximate surface area is 135 Å². The van der Waals surface area contributed by atoms with Crippen molar-refractivity contribution >= 4 is 66.8 Å². The number of hydrogen-bond acceptors (Lipinski definition) is 6. The summed E-state index contributed by atoms with van der Waals surface area (Å²) in [6.07, 6.45) is 0. The lowest BCUT2D eigenvalue weighted by molar-refractivity contribution is 0.481. The molecule has 0 N–H and O–H groups in total. The van der Waals surface area contributed by atoms with Crippen molar-refractivity contribution in [1.82, 2.24) is 8.61 Å². The third kappa shape index (κ3) is 5.37. The molecular formula is C10H20N2O2S5. The van der Waals surface area contributed by atoms with Crippen molar-refractivity contribution in [3.8, 4) is 0 Å². The van der Waals surface area contributed by atoms with Crippen LogP contribution in [0.4, 0.5) is 0 Å². The Bertz CT molecular complexity index is 378. The second-order valence-electron chi connectivity index (χ2n) is 3.24. The lowest BCUT2D eigenvalue weighted by atomic mass is 10.8. The lowest BCUT2D eigenvalue weighted by Gasteiger charge is -2.30. The Balaban J connectivity index is 5.28. The lowest BCUT2D eigenvalue weighted by Crippen LogP contribution is -2.46. The summed E-state index contributed by atoms with van der Waals surface area (Å²) in [7, 11) is -3.66. The van der Waals surface area contributed by atoms with E-state index in [0.717, 1.165) is 11.5 Å². The number of hydrogen-bond donors (Lipinski definition) is 0. The minimum Gasteiger partial charge on any atom is -0.238 e. The molecule has 4 nitrogen and oxygen atoms in total. The van der Waals surface area contributed by atoms with Gasteiger partial charge in [-0.25, -0.2) is 8.61 Å². The maximum absolute atomic E-state index is 12.6. The van der Waals surface area contributed by atoms with Crippen molar-refractivity contribution in [2.45, 2.75) is 27.7 Å². The van der Waals surface area contributed by atoms with Gasteiger partial charge in [0.05, 0.1) is 0 Å². The van der Waals surface area contributed by atoms with E-state index in [2.05, 4.69) is 0 Å². The van der Waals surface area contributed by atoms with Crippen LogP contribution in [0.3, 0.4) is 0 Å². The Hall–Kier alpha value is 0.430. The first-order valence-electron chi connectivity index (χ1n) is 6.00. The van der Waals surface area contributed by atoms with Crippen molar-refractivity contribution in [2.24, 2.45) is 0 Å². The molecule has 0 aliphatic carbocycles. The van der Waals surface area contributed by atoms with E-state index in [1.807, 2.05) is 13.8 Å². The Morgan fingerprint density at radius 3 is 1.42 bits per heavy atom. The summed E-state index contributed by atoms with van der Waals surface area (Å²) in [5, 5.41) is 0. The fraction of sp³-hybridized carbons (Fsp3) is 0.800. The fourth-order valence-corrected chi connectivity index (χ4v) is 6.00. The minimum atomic E-state index is -3.66. The maximum atomic E-state index is 12.6. The second-order valence-corrected chi connectivity index (χ2v) is 8.81. The summed E-state index contributed by atoms with van der Waals surface area (Å²) in [5.41, 5.74) is 0. The van der Waals surface area contributed by atoms with Crippen LogP contribution in [0.15, 0.2) is 0 Å². The highest BCUT2D eigenvalue weighted by Crippen LogP contribution is 2.20. The van der Waals surface area contributed by atoms with E-state index in [-0.39, 0.29) is 0 Å². The predicted molar refractivity (Wildman–Crippen MR) is 95.1 cm³/mol. The van der Waals surface area contributed by atoms with Gasteiger partial charge in [0, 0.05) is 13.1 Å². The molecule has 0 amide bonds. The van der Waals surface area contributed by atoms with Crippen LogP contribution in [0.2, 0.25) is 0 Å². The maximum Gasteiger partial charge on any atom is 0.328 e. The van der Waals surface area contributed by atoms with Gasteiger partial charge in [0.25, 0.3) is 0 Å². The van der Waals surface area contributed by atoms with E-state index >= 15 is 0 Å². The standard InChI is InChI=1S/C10H20N2O2S5/c1-5-11(9(15)17-7-3)19(13,14)12(6-2)10(16)18-8-4/h5-8H2,1-4H3. The fourth-order valence-electron chi connectivity index (χ4n) is 1.28. The quantitative estimate of drug-likeness (QED) is 0.678. The van der Waals surface area contributed by atoms with Gasteiger partial charge in [-0.15, -0.1) is 0 Å². The number of nitrogens with zero attached hydrogens (tertiary/aromatic N) is 2. The van der Waals surface area contributed by atoms with Crippen LogP contribution >= 0.6 is 48.0 Å². The van der Waals surface area contributed by atoms with E-state index < -0.39 is 10.2 Å². The minimum absolute atomic E-state index is 0.310. The Morgan fingerprint density at radius 2 is 1.21 bits per heavy atom. The van der Waals surface area contributed by atoms with Crippen LogP contribution in [0, 0.1) is 0 Å². The first-order chi connectivity index (χ1) is 8.86. The first kappa shape index (κ1) is 19.4. The third-order valence-electron chi connectivity index (χ3n) is 2.07. The molecule has 0 aromatic carbocycles. The molecule has 0 atom stereocenters. The average molecular weight is 361 g/mol. The molecule has 0 saturated carbocycles. The van der Waals surface area contributed by atoms with Gasteiger partial charge in [-0.05, 0) is 25.4 Å². The molecule has 0 radical (unpaired) electrons. The molecule has 0 aliphatic rings. The van der Waals surface area contributed by atoms with Gasteiger partial charge < -0.3 is 0 Å². The monoisotopic (exact) mass is 360 g/mol. The van der Waals surface area contributed by atoms with Crippen molar-refractivity contribution in [1.29, 1.82) is 0 Å². The van der Waals surface area contributed by atoms with Crippen LogP contribution in [-0.2, 0) is 10.2 Å². The smallest absolute Gasteiger partial charge is 0.238 e. The van der Waals surface area contributed by atoms with Gasteiger partial charge in [-0.1, -0.05) is 61.8 Å². The van der Waals surface area contributed by atoms with Crippen molar-refractivity contribution in [3.05, 3.63) is 0 Å². The van der Waals surface area contributed by atoms with E-state index in [9.17, 15) is 8.42 Å². The average Bonchev–Trinajstić information content (AvgIpc) is 2.30. The topological polar surface area (TPSA) is 40.6 Å². The molecule has 19 heavy (non-hydrogen) atoms. The molecule has 0 saturated heterocycles. The molecule has 9 heteroatoms. The second kappa shape index (κ2) is 9.38. The van der Waals surface area contributed by atoms with Crippen molar-refractivity contribution in [2.75, 3.05) is 24.6 Å². The number of thiocarbonyl (C=S) groups is 2. The zero-order valence-electron chi connectivity index (χ0n) is 11.6. The predicted octanol–water partition coefficient (Wildman–Crippen LogP) is 2.95. The van der Waals surface area contributed by atoms with Crippen LogP contribution < -0.4 is 0 Å².